The molecule has 1 atom stereocenters. The summed E-state index contributed by atoms with van der Waals surface area (Å²) in [7, 11) is 0. The first kappa shape index (κ1) is 22.1. The molecular formula is C24H27N3O4. The van der Waals surface area contributed by atoms with Crippen LogP contribution in [0.2, 0.25) is 0 Å². The molecule has 1 aliphatic heterocycles. The van der Waals surface area contributed by atoms with Crippen LogP contribution in [0.25, 0.3) is 0 Å². The van der Waals surface area contributed by atoms with Gasteiger partial charge in [-0.2, -0.15) is 0 Å². The number of ether oxygens (including phenoxy) is 1. The summed E-state index contributed by atoms with van der Waals surface area (Å²) in [5, 5.41) is 5.54. The second kappa shape index (κ2) is 9.93. The Morgan fingerprint density at radius 1 is 1.16 bits per heavy atom. The lowest BCUT2D eigenvalue weighted by molar-refractivity contribution is -0.126. The minimum atomic E-state index is -0.377. The minimum absolute atomic E-state index is 0.0970. The zero-order chi connectivity index (χ0) is 22.4. The van der Waals surface area contributed by atoms with Gasteiger partial charge in [0.1, 0.15) is 5.75 Å². The number of benzene rings is 2. The molecule has 7 heteroatoms. The van der Waals surface area contributed by atoms with Gasteiger partial charge in [0.25, 0.3) is 5.91 Å². The van der Waals surface area contributed by atoms with E-state index in [1.807, 2.05) is 32.0 Å². The summed E-state index contributed by atoms with van der Waals surface area (Å²) >= 11 is 0. The van der Waals surface area contributed by atoms with Crippen molar-refractivity contribution in [2.45, 2.75) is 20.3 Å². The number of nitrogens with one attached hydrogen (secondary N) is 2. The van der Waals surface area contributed by atoms with Crippen molar-refractivity contribution >= 4 is 29.1 Å². The Morgan fingerprint density at radius 2 is 1.90 bits per heavy atom. The van der Waals surface area contributed by atoms with Crippen molar-refractivity contribution in [2.24, 2.45) is 5.92 Å². The van der Waals surface area contributed by atoms with Crippen LogP contribution in [0, 0.1) is 19.8 Å². The van der Waals surface area contributed by atoms with Gasteiger partial charge in [-0.25, -0.2) is 0 Å². The lowest BCUT2D eigenvalue weighted by atomic mass is 10.1. The molecule has 0 aliphatic carbocycles. The molecule has 0 bridgehead atoms. The lowest BCUT2D eigenvalue weighted by Crippen LogP contribution is -2.32. The number of carbonyl (C=O) groups excluding carboxylic acids is 3. The topological polar surface area (TPSA) is 87.7 Å². The van der Waals surface area contributed by atoms with Crippen molar-refractivity contribution in [3.63, 3.8) is 0 Å². The highest BCUT2D eigenvalue weighted by atomic mass is 16.5. The van der Waals surface area contributed by atoms with Gasteiger partial charge in [-0.1, -0.05) is 12.1 Å². The second-order valence-corrected chi connectivity index (χ2v) is 7.57. The highest BCUT2D eigenvalue weighted by Gasteiger charge is 2.34. The molecule has 1 aliphatic rings. The Bertz CT molecular complexity index is 985. The Labute approximate surface area is 182 Å². The number of amides is 3. The molecule has 0 saturated carbocycles. The van der Waals surface area contributed by atoms with Gasteiger partial charge in [-0.15, -0.1) is 6.58 Å². The maximum atomic E-state index is 12.3. The van der Waals surface area contributed by atoms with E-state index in [2.05, 4.69) is 17.2 Å². The van der Waals surface area contributed by atoms with E-state index in [-0.39, 0.29) is 36.7 Å². The van der Waals surface area contributed by atoms with Crippen LogP contribution in [0.4, 0.5) is 11.4 Å². The van der Waals surface area contributed by atoms with E-state index in [4.69, 9.17) is 4.74 Å². The Morgan fingerprint density at radius 3 is 2.58 bits per heavy atom. The van der Waals surface area contributed by atoms with Crippen LogP contribution in [0.15, 0.2) is 55.1 Å². The van der Waals surface area contributed by atoms with Gasteiger partial charge in [0.15, 0.2) is 6.61 Å². The minimum Gasteiger partial charge on any atom is -0.484 e. The van der Waals surface area contributed by atoms with Crippen LogP contribution >= 0.6 is 0 Å². The maximum absolute atomic E-state index is 12.3. The average molecular weight is 421 g/mol. The first-order valence-corrected chi connectivity index (χ1v) is 10.2. The normalized spacial score (nSPS) is 15.5. The molecule has 0 unspecified atom stereocenters. The zero-order valence-corrected chi connectivity index (χ0v) is 17.8. The molecule has 31 heavy (non-hydrogen) atoms. The Balaban J connectivity index is 1.52. The van der Waals surface area contributed by atoms with Gasteiger partial charge in [-0.05, 0) is 61.4 Å². The van der Waals surface area contributed by atoms with E-state index in [9.17, 15) is 14.4 Å². The van der Waals surface area contributed by atoms with Crippen LogP contribution in [0.3, 0.4) is 0 Å². The molecule has 7 nitrogen and oxygen atoms in total. The van der Waals surface area contributed by atoms with Crippen LogP contribution in [-0.4, -0.2) is 37.4 Å². The molecule has 0 aromatic heterocycles. The SMILES string of the molecule is C=CCNC(=O)[C@@H]1CC(=O)N(c2ccc(OCC(=O)Nc3ccc(C)c(C)c3)cc2)C1. The second-order valence-electron chi connectivity index (χ2n) is 7.57. The van der Waals surface area contributed by atoms with Crippen molar-refractivity contribution in [3.05, 3.63) is 66.2 Å². The molecule has 162 valence electrons. The summed E-state index contributed by atoms with van der Waals surface area (Å²) in [5.41, 5.74) is 3.68. The number of anilines is 2. The highest BCUT2D eigenvalue weighted by molar-refractivity contribution is 6.00. The molecule has 0 spiro atoms. The van der Waals surface area contributed by atoms with Crippen LogP contribution in [0.1, 0.15) is 17.5 Å². The fraction of sp³-hybridized carbons (Fsp3) is 0.292. The molecule has 2 aromatic carbocycles. The van der Waals surface area contributed by atoms with E-state index in [0.29, 0.717) is 24.5 Å². The maximum Gasteiger partial charge on any atom is 0.262 e. The largest absolute Gasteiger partial charge is 0.484 e. The quantitative estimate of drug-likeness (QED) is 0.642. The smallest absolute Gasteiger partial charge is 0.262 e. The predicted molar refractivity (Wildman–Crippen MR) is 120 cm³/mol. The van der Waals surface area contributed by atoms with Gasteiger partial charge in [0.05, 0.1) is 5.92 Å². The molecular weight excluding hydrogens is 394 g/mol. The fourth-order valence-electron chi connectivity index (χ4n) is 3.34. The summed E-state index contributed by atoms with van der Waals surface area (Å²) in [4.78, 5) is 38.2. The van der Waals surface area contributed by atoms with Crippen LogP contribution < -0.4 is 20.3 Å². The van der Waals surface area contributed by atoms with Crippen molar-refractivity contribution in [2.75, 3.05) is 29.9 Å². The standard InChI is InChI=1S/C24H27N3O4/c1-4-11-25-24(30)18-13-23(29)27(14-18)20-7-9-21(10-8-20)31-15-22(28)26-19-6-5-16(2)17(3)12-19/h4-10,12,18H,1,11,13-15H2,2-3H3,(H,25,30)(H,26,28)/t18-/m1/s1. The molecule has 3 rings (SSSR count). The van der Waals surface area contributed by atoms with Crippen molar-refractivity contribution in [1.82, 2.24) is 5.32 Å². The van der Waals surface area contributed by atoms with Gasteiger partial charge in [0.2, 0.25) is 11.8 Å². The van der Waals surface area contributed by atoms with Crippen LogP contribution in [0.5, 0.6) is 5.75 Å². The Hall–Kier alpha value is -3.61. The zero-order valence-electron chi connectivity index (χ0n) is 17.8. The van der Waals surface area contributed by atoms with Gasteiger partial charge < -0.3 is 20.3 Å². The van der Waals surface area contributed by atoms with Crippen molar-refractivity contribution < 1.29 is 19.1 Å². The Kier molecular flexibility index (Phi) is 7.07. The molecule has 2 N–H and O–H groups in total. The fourth-order valence-corrected chi connectivity index (χ4v) is 3.34. The number of hydrogen-bond acceptors (Lipinski definition) is 4. The van der Waals surface area contributed by atoms with E-state index >= 15 is 0 Å². The van der Waals surface area contributed by atoms with Crippen molar-refractivity contribution in [3.8, 4) is 5.75 Å². The number of rotatable bonds is 8. The molecule has 0 radical (unpaired) electrons. The monoisotopic (exact) mass is 421 g/mol. The number of nitrogens with zero attached hydrogens (tertiary/aromatic N) is 1. The average Bonchev–Trinajstić information content (AvgIpc) is 3.15. The summed E-state index contributed by atoms with van der Waals surface area (Å²) in [6.45, 7) is 8.17. The summed E-state index contributed by atoms with van der Waals surface area (Å²) in [6.07, 6.45) is 1.78. The molecule has 3 amide bonds. The summed E-state index contributed by atoms with van der Waals surface area (Å²) < 4.78 is 5.55. The summed E-state index contributed by atoms with van der Waals surface area (Å²) in [6, 6.07) is 12.6. The number of carbonyl (C=O) groups is 3. The molecule has 1 fully saturated rings. The predicted octanol–water partition coefficient (Wildman–Crippen LogP) is 2.98. The lowest BCUT2D eigenvalue weighted by Gasteiger charge is -2.17. The first-order chi connectivity index (χ1) is 14.9. The summed E-state index contributed by atoms with van der Waals surface area (Å²) in [5.74, 6) is -0.357. The van der Waals surface area contributed by atoms with E-state index < -0.39 is 0 Å². The van der Waals surface area contributed by atoms with Gasteiger partial charge in [-0.3, -0.25) is 14.4 Å². The third-order valence-corrected chi connectivity index (χ3v) is 5.23. The number of hydrogen-bond donors (Lipinski definition) is 2. The van der Waals surface area contributed by atoms with E-state index in [1.165, 1.54) is 0 Å². The third kappa shape index (κ3) is 5.72. The highest BCUT2D eigenvalue weighted by Crippen LogP contribution is 2.27. The van der Waals surface area contributed by atoms with E-state index in [1.54, 1.807) is 35.2 Å². The van der Waals surface area contributed by atoms with E-state index in [0.717, 1.165) is 16.8 Å². The molecule has 1 saturated heterocycles. The van der Waals surface area contributed by atoms with Gasteiger partial charge >= 0.3 is 0 Å². The molecule has 1 heterocycles. The van der Waals surface area contributed by atoms with Crippen LogP contribution in [-0.2, 0) is 14.4 Å². The number of aryl methyl sites for hydroxylation is 2. The molecule has 2 aromatic rings. The van der Waals surface area contributed by atoms with Gasteiger partial charge in [0, 0.05) is 30.9 Å². The first-order valence-electron chi connectivity index (χ1n) is 10.2. The third-order valence-electron chi connectivity index (χ3n) is 5.23. The van der Waals surface area contributed by atoms with Crippen molar-refractivity contribution in [1.29, 1.82) is 0 Å².